The van der Waals surface area contributed by atoms with Crippen LogP contribution in [0.2, 0.25) is 0 Å². The van der Waals surface area contributed by atoms with Crippen molar-refractivity contribution in [3.05, 3.63) is 132 Å². The van der Waals surface area contributed by atoms with E-state index in [4.69, 9.17) is 0 Å². The largest absolute Gasteiger partial charge is 0.352 e. The van der Waals surface area contributed by atoms with Crippen molar-refractivity contribution in [3.63, 3.8) is 0 Å². The van der Waals surface area contributed by atoms with Gasteiger partial charge in [0.25, 0.3) is 10.0 Å². The number of aryl methyl sites for hydroxylation is 1. The van der Waals surface area contributed by atoms with Crippen LogP contribution in [0.25, 0.3) is 0 Å². The molecule has 0 aromatic heterocycles. The van der Waals surface area contributed by atoms with Gasteiger partial charge in [-0.1, -0.05) is 96.6 Å². The number of benzene rings is 4. The Morgan fingerprint density at radius 1 is 0.738 bits per heavy atom. The summed E-state index contributed by atoms with van der Waals surface area (Å²) in [6.07, 6.45) is 0.272. The minimum absolute atomic E-state index is 0.0742. The van der Waals surface area contributed by atoms with Gasteiger partial charge in [0, 0.05) is 19.0 Å². The van der Waals surface area contributed by atoms with Gasteiger partial charge in [-0.3, -0.25) is 13.9 Å². The Bertz CT molecular complexity index is 1560. The number of nitrogens with one attached hydrogen (secondary N) is 1. The zero-order valence-corrected chi connectivity index (χ0v) is 25.0. The first-order valence-corrected chi connectivity index (χ1v) is 15.4. The molecule has 7 nitrogen and oxygen atoms in total. The molecule has 0 aliphatic heterocycles. The van der Waals surface area contributed by atoms with Gasteiger partial charge in [-0.15, -0.1) is 0 Å². The molecule has 1 N–H and O–H groups in total. The number of hydrogen-bond donors (Lipinski definition) is 1. The van der Waals surface area contributed by atoms with Crippen molar-refractivity contribution in [3.8, 4) is 0 Å². The number of anilines is 1. The van der Waals surface area contributed by atoms with Gasteiger partial charge in [0.1, 0.15) is 12.6 Å². The summed E-state index contributed by atoms with van der Waals surface area (Å²) in [5.41, 5.74) is 3.15. The molecule has 0 aliphatic rings. The topological polar surface area (TPSA) is 86.8 Å². The Kier molecular flexibility index (Phi) is 10.1. The molecule has 4 rings (SSSR count). The van der Waals surface area contributed by atoms with Gasteiger partial charge >= 0.3 is 0 Å². The number of amides is 2. The Balaban J connectivity index is 1.78. The van der Waals surface area contributed by atoms with E-state index in [2.05, 4.69) is 5.32 Å². The SMILES string of the molecule is Cc1ccc(CN(C(=O)CN(c2ccccc2)S(=O)(=O)c2ccccc2)[C@H](Cc2ccccc2)C(=O)NC(C)C)cc1. The zero-order valence-electron chi connectivity index (χ0n) is 24.2. The lowest BCUT2D eigenvalue weighted by molar-refractivity contribution is -0.140. The minimum Gasteiger partial charge on any atom is -0.352 e. The molecule has 0 radical (unpaired) electrons. The fourth-order valence-electron chi connectivity index (χ4n) is 4.67. The summed E-state index contributed by atoms with van der Waals surface area (Å²) < 4.78 is 28.9. The maximum atomic E-state index is 14.3. The highest BCUT2D eigenvalue weighted by atomic mass is 32.2. The summed E-state index contributed by atoms with van der Waals surface area (Å²) >= 11 is 0. The Labute approximate surface area is 248 Å². The highest BCUT2D eigenvalue weighted by molar-refractivity contribution is 7.92. The minimum atomic E-state index is -4.10. The molecule has 8 heteroatoms. The van der Waals surface area contributed by atoms with E-state index in [1.54, 1.807) is 48.5 Å². The summed E-state index contributed by atoms with van der Waals surface area (Å²) in [4.78, 5) is 29.6. The van der Waals surface area contributed by atoms with Gasteiger partial charge in [0.15, 0.2) is 0 Å². The van der Waals surface area contributed by atoms with Crippen molar-refractivity contribution in [2.45, 2.75) is 50.7 Å². The quantitative estimate of drug-likeness (QED) is 0.244. The van der Waals surface area contributed by atoms with Crippen LogP contribution in [0.5, 0.6) is 0 Å². The number of sulfonamides is 1. The molecule has 0 unspecified atom stereocenters. The lowest BCUT2D eigenvalue weighted by Crippen LogP contribution is -2.54. The second-order valence-corrected chi connectivity index (χ2v) is 12.4. The maximum absolute atomic E-state index is 14.3. The smallest absolute Gasteiger partial charge is 0.264 e. The average Bonchev–Trinajstić information content (AvgIpc) is 2.99. The third-order valence-corrected chi connectivity index (χ3v) is 8.62. The molecule has 0 saturated carbocycles. The molecule has 218 valence electrons. The van der Waals surface area contributed by atoms with Gasteiger partial charge < -0.3 is 10.2 Å². The average molecular weight is 584 g/mol. The van der Waals surface area contributed by atoms with E-state index in [-0.39, 0.29) is 29.8 Å². The van der Waals surface area contributed by atoms with Gasteiger partial charge in [-0.2, -0.15) is 0 Å². The summed E-state index contributed by atoms with van der Waals surface area (Å²) in [5, 5.41) is 2.97. The van der Waals surface area contributed by atoms with Crippen LogP contribution in [-0.2, 0) is 32.6 Å². The number of carbonyl (C=O) groups is 2. The van der Waals surface area contributed by atoms with E-state index in [9.17, 15) is 18.0 Å². The van der Waals surface area contributed by atoms with Gasteiger partial charge in [0.2, 0.25) is 11.8 Å². The second-order valence-electron chi connectivity index (χ2n) is 10.5. The molecular weight excluding hydrogens is 546 g/mol. The zero-order chi connectivity index (χ0) is 30.1. The molecule has 0 spiro atoms. The molecule has 0 bridgehead atoms. The fourth-order valence-corrected chi connectivity index (χ4v) is 6.10. The summed E-state index contributed by atoms with van der Waals surface area (Å²) in [6.45, 7) is 5.37. The monoisotopic (exact) mass is 583 g/mol. The first kappa shape index (κ1) is 30.5. The van der Waals surface area contributed by atoms with Crippen molar-refractivity contribution in [1.82, 2.24) is 10.2 Å². The molecule has 4 aromatic carbocycles. The van der Waals surface area contributed by atoms with Crippen molar-refractivity contribution in [1.29, 1.82) is 0 Å². The van der Waals surface area contributed by atoms with Crippen LogP contribution in [0.15, 0.2) is 120 Å². The fraction of sp³-hybridized carbons (Fsp3) is 0.235. The van der Waals surface area contributed by atoms with Crippen LogP contribution in [-0.4, -0.2) is 43.8 Å². The predicted octanol–water partition coefficient (Wildman–Crippen LogP) is 5.36. The molecule has 4 aromatic rings. The number of rotatable bonds is 12. The van der Waals surface area contributed by atoms with E-state index < -0.39 is 28.5 Å². The number of nitrogens with zero attached hydrogens (tertiary/aromatic N) is 2. The van der Waals surface area contributed by atoms with Crippen LogP contribution in [0.4, 0.5) is 5.69 Å². The summed E-state index contributed by atoms with van der Waals surface area (Å²) in [7, 11) is -4.10. The highest BCUT2D eigenvalue weighted by Gasteiger charge is 2.34. The summed E-state index contributed by atoms with van der Waals surface area (Å²) in [5.74, 6) is -0.787. The van der Waals surface area contributed by atoms with Crippen molar-refractivity contribution in [2.75, 3.05) is 10.8 Å². The number of hydrogen-bond acceptors (Lipinski definition) is 4. The first-order chi connectivity index (χ1) is 20.1. The van der Waals surface area contributed by atoms with Crippen LogP contribution in [0, 0.1) is 6.92 Å². The Morgan fingerprint density at radius 3 is 1.86 bits per heavy atom. The standard InChI is InChI=1S/C34H37N3O4S/c1-26(2)35-34(39)32(23-28-13-7-4-8-14-28)36(24-29-21-19-27(3)20-22-29)33(38)25-37(30-15-9-5-10-16-30)42(40,41)31-17-11-6-12-18-31/h4-22,26,32H,23-25H2,1-3H3,(H,35,39)/t32-/m1/s1. The predicted molar refractivity (Wildman–Crippen MR) is 166 cm³/mol. The number of carbonyl (C=O) groups excluding carboxylic acids is 2. The van der Waals surface area contributed by atoms with Crippen molar-refractivity contribution < 1.29 is 18.0 Å². The normalized spacial score (nSPS) is 12.0. The first-order valence-electron chi connectivity index (χ1n) is 14.0. The molecular formula is C34H37N3O4S. The lowest BCUT2D eigenvalue weighted by atomic mass is 10.0. The van der Waals surface area contributed by atoms with Crippen LogP contribution in [0.3, 0.4) is 0 Å². The highest BCUT2D eigenvalue weighted by Crippen LogP contribution is 2.25. The molecule has 1 atom stereocenters. The van der Waals surface area contributed by atoms with Crippen LogP contribution in [0.1, 0.15) is 30.5 Å². The molecule has 0 aliphatic carbocycles. The van der Waals surface area contributed by atoms with E-state index in [0.717, 1.165) is 21.0 Å². The van der Waals surface area contributed by atoms with Gasteiger partial charge in [-0.05, 0) is 56.2 Å². The van der Waals surface area contributed by atoms with Gasteiger partial charge in [-0.25, -0.2) is 8.42 Å². The Hall–Kier alpha value is -4.43. The summed E-state index contributed by atoms with van der Waals surface area (Å²) in [6, 6.07) is 32.8. The Morgan fingerprint density at radius 2 is 1.29 bits per heavy atom. The van der Waals surface area contributed by atoms with Crippen molar-refractivity contribution in [2.24, 2.45) is 0 Å². The molecule has 42 heavy (non-hydrogen) atoms. The third kappa shape index (κ3) is 7.85. The van der Waals surface area contributed by atoms with E-state index >= 15 is 0 Å². The van der Waals surface area contributed by atoms with Crippen LogP contribution >= 0.6 is 0 Å². The van der Waals surface area contributed by atoms with E-state index in [1.165, 1.54) is 17.0 Å². The van der Waals surface area contributed by atoms with E-state index in [0.29, 0.717) is 5.69 Å². The molecule has 0 saturated heterocycles. The maximum Gasteiger partial charge on any atom is 0.264 e. The van der Waals surface area contributed by atoms with E-state index in [1.807, 2.05) is 75.4 Å². The third-order valence-electron chi connectivity index (χ3n) is 6.83. The van der Waals surface area contributed by atoms with Crippen LogP contribution < -0.4 is 9.62 Å². The molecule has 0 fully saturated rings. The second kappa shape index (κ2) is 14.0. The molecule has 2 amide bonds. The number of para-hydroxylation sites is 1. The lowest BCUT2D eigenvalue weighted by Gasteiger charge is -2.34. The van der Waals surface area contributed by atoms with Gasteiger partial charge in [0.05, 0.1) is 10.6 Å². The molecule has 0 heterocycles. The van der Waals surface area contributed by atoms with Crippen molar-refractivity contribution >= 4 is 27.5 Å².